The molecular weight excluding hydrogens is 254 g/mol. The number of hydrogen-bond donors (Lipinski definition) is 1. The molecule has 1 unspecified atom stereocenters. The summed E-state index contributed by atoms with van der Waals surface area (Å²) in [7, 11) is 3.25. The molecule has 4 nitrogen and oxygen atoms in total. The first-order chi connectivity index (χ1) is 9.62. The summed E-state index contributed by atoms with van der Waals surface area (Å²) < 4.78 is 16.1. The van der Waals surface area contributed by atoms with E-state index in [9.17, 15) is 0 Å². The molecule has 1 aromatic carbocycles. The van der Waals surface area contributed by atoms with Crippen LogP contribution >= 0.6 is 0 Å². The van der Waals surface area contributed by atoms with Crippen molar-refractivity contribution >= 4 is 0 Å². The number of hydrogen-bond acceptors (Lipinski definition) is 4. The molecule has 0 aliphatic carbocycles. The molecule has 0 saturated carbocycles. The van der Waals surface area contributed by atoms with Crippen LogP contribution in [-0.4, -0.2) is 14.2 Å². The van der Waals surface area contributed by atoms with E-state index < -0.39 is 0 Å². The van der Waals surface area contributed by atoms with E-state index in [1.54, 1.807) is 20.5 Å². The van der Waals surface area contributed by atoms with E-state index in [0.717, 1.165) is 28.9 Å². The zero-order chi connectivity index (χ0) is 14.7. The lowest BCUT2D eigenvalue weighted by Crippen LogP contribution is -2.14. The van der Waals surface area contributed by atoms with Gasteiger partial charge in [-0.1, -0.05) is 6.92 Å². The number of furan rings is 1. The van der Waals surface area contributed by atoms with Gasteiger partial charge < -0.3 is 19.6 Å². The molecule has 108 valence electrons. The third-order valence-corrected chi connectivity index (χ3v) is 3.54. The van der Waals surface area contributed by atoms with Gasteiger partial charge in [-0.15, -0.1) is 0 Å². The lowest BCUT2D eigenvalue weighted by atomic mass is 9.95. The number of nitrogens with two attached hydrogens (primary N) is 1. The van der Waals surface area contributed by atoms with E-state index in [2.05, 4.69) is 6.92 Å². The molecule has 0 spiro atoms. The largest absolute Gasteiger partial charge is 0.493 e. The van der Waals surface area contributed by atoms with Gasteiger partial charge in [-0.05, 0) is 36.2 Å². The highest BCUT2D eigenvalue weighted by molar-refractivity contribution is 5.50. The first kappa shape index (κ1) is 14.5. The maximum Gasteiger partial charge on any atom is 0.161 e. The van der Waals surface area contributed by atoms with Gasteiger partial charge in [0, 0.05) is 12.0 Å². The van der Waals surface area contributed by atoms with Crippen molar-refractivity contribution in [3.63, 3.8) is 0 Å². The molecule has 1 aromatic heterocycles. The molecule has 2 rings (SSSR count). The summed E-state index contributed by atoms with van der Waals surface area (Å²) in [6.45, 7) is 4.07. The molecule has 4 heteroatoms. The van der Waals surface area contributed by atoms with Crippen LogP contribution in [0.5, 0.6) is 11.5 Å². The smallest absolute Gasteiger partial charge is 0.161 e. The molecule has 0 bridgehead atoms. The number of ether oxygens (including phenoxy) is 2. The Balaban J connectivity index is 2.46. The maximum absolute atomic E-state index is 6.40. The summed E-state index contributed by atoms with van der Waals surface area (Å²) in [5.74, 6) is 2.32. The molecule has 0 radical (unpaired) electrons. The zero-order valence-corrected chi connectivity index (χ0v) is 12.4. The maximum atomic E-state index is 6.40. The van der Waals surface area contributed by atoms with E-state index in [0.29, 0.717) is 11.5 Å². The van der Waals surface area contributed by atoms with E-state index in [-0.39, 0.29) is 6.04 Å². The van der Waals surface area contributed by atoms with Crippen molar-refractivity contribution < 1.29 is 13.9 Å². The average Bonchev–Trinajstić information content (AvgIpc) is 2.94. The van der Waals surface area contributed by atoms with Gasteiger partial charge in [-0.2, -0.15) is 0 Å². The summed E-state index contributed by atoms with van der Waals surface area (Å²) in [6.07, 6.45) is 2.51. The van der Waals surface area contributed by atoms with Crippen LogP contribution < -0.4 is 15.2 Å². The normalized spacial score (nSPS) is 12.2. The first-order valence-corrected chi connectivity index (χ1v) is 6.66. The Labute approximate surface area is 119 Å². The van der Waals surface area contributed by atoms with Gasteiger partial charge in [-0.25, -0.2) is 0 Å². The van der Waals surface area contributed by atoms with Crippen molar-refractivity contribution in [1.82, 2.24) is 0 Å². The fraction of sp³-hybridized carbons (Fsp3) is 0.375. The molecule has 20 heavy (non-hydrogen) atoms. The van der Waals surface area contributed by atoms with Gasteiger partial charge in [0.2, 0.25) is 0 Å². The molecule has 1 atom stereocenters. The fourth-order valence-corrected chi connectivity index (χ4v) is 2.41. The van der Waals surface area contributed by atoms with Gasteiger partial charge in [0.25, 0.3) is 0 Å². The van der Waals surface area contributed by atoms with Crippen LogP contribution in [0.2, 0.25) is 0 Å². The first-order valence-electron chi connectivity index (χ1n) is 6.66. The van der Waals surface area contributed by atoms with Crippen LogP contribution in [0.3, 0.4) is 0 Å². The highest BCUT2D eigenvalue weighted by Crippen LogP contribution is 2.35. The predicted octanol–water partition coefficient (Wildman–Crippen LogP) is 3.22. The van der Waals surface area contributed by atoms with E-state index >= 15 is 0 Å². The molecule has 2 aromatic rings. The Bertz CT molecular complexity index is 589. The molecule has 0 fully saturated rings. The van der Waals surface area contributed by atoms with Crippen LogP contribution in [0.4, 0.5) is 0 Å². The van der Waals surface area contributed by atoms with Crippen LogP contribution in [0.1, 0.15) is 35.4 Å². The minimum atomic E-state index is -0.233. The zero-order valence-electron chi connectivity index (χ0n) is 12.4. The number of methoxy groups -OCH3 is 2. The molecule has 1 heterocycles. The highest BCUT2D eigenvalue weighted by atomic mass is 16.5. The van der Waals surface area contributed by atoms with Crippen LogP contribution in [-0.2, 0) is 6.42 Å². The molecule has 0 saturated heterocycles. The Kier molecular flexibility index (Phi) is 4.35. The monoisotopic (exact) mass is 275 g/mol. The van der Waals surface area contributed by atoms with Crippen LogP contribution in [0.15, 0.2) is 28.9 Å². The summed E-state index contributed by atoms with van der Waals surface area (Å²) in [5, 5.41) is 0. The predicted molar refractivity (Wildman–Crippen MR) is 78.4 cm³/mol. The minimum Gasteiger partial charge on any atom is -0.493 e. The van der Waals surface area contributed by atoms with Gasteiger partial charge in [0.05, 0.1) is 26.5 Å². The summed E-state index contributed by atoms with van der Waals surface area (Å²) >= 11 is 0. The molecular formula is C16H21NO3. The highest BCUT2D eigenvalue weighted by Gasteiger charge is 2.19. The van der Waals surface area contributed by atoms with Gasteiger partial charge in [0.1, 0.15) is 5.76 Å². The molecule has 0 aliphatic heterocycles. The number of rotatable bonds is 5. The summed E-state index contributed by atoms with van der Waals surface area (Å²) in [5.41, 5.74) is 9.49. The SMILES string of the molecule is CCc1occc1C(N)c1cc(OC)c(OC)cc1C. The molecule has 0 amide bonds. The summed E-state index contributed by atoms with van der Waals surface area (Å²) in [6, 6.07) is 5.58. The second-order valence-electron chi connectivity index (χ2n) is 4.69. The Morgan fingerprint density at radius 1 is 1.15 bits per heavy atom. The number of aryl methyl sites for hydroxylation is 2. The standard InChI is InChI=1S/C16H21NO3/c1-5-13-11(6-7-20-13)16(17)12-9-15(19-4)14(18-3)8-10(12)2/h6-9,16H,5,17H2,1-4H3. The third kappa shape index (κ3) is 2.51. The van der Waals surface area contributed by atoms with E-state index in [1.165, 1.54) is 0 Å². The van der Waals surface area contributed by atoms with Crippen molar-refractivity contribution in [2.45, 2.75) is 26.3 Å². The summed E-state index contributed by atoms with van der Waals surface area (Å²) in [4.78, 5) is 0. The Morgan fingerprint density at radius 3 is 2.40 bits per heavy atom. The van der Waals surface area contributed by atoms with Crippen LogP contribution in [0.25, 0.3) is 0 Å². The average molecular weight is 275 g/mol. The lowest BCUT2D eigenvalue weighted by molar-refractivity contribution is 0.354. The van der Waals surface area contributed by atoms with Crippen LogP contribution in [0, 0.1) is 6.92 Å². The van der Waals surface area contributed by atoms with Crippen molar-refractivity contribution in [1.29, 1.82) is 0 Å². The van der Waals surface area contributed by atoms with Crippen molar-refractivity contribution in [3.05, 3.63) is 46.9 Å². The Hall–Kier alpha value is -1.94. The van der Waals surface area contributed by atoms with Gasteiger partial charge in [-0.3, -0.25) is 0 Å². The molecule has 2 N–H and O–H groups in total. The number of benzene rings is 1. The van der Waals surface area contributed by atoms with Crippen molar-refractivity contribution in [3.8, 4) is 11.5 Å². The quantitative estimate of drug-likeness (QED) is 0.910. The third-order valence-electron chi connectivity index (χ3n) is 3.54. The second-order valence-corrected chi connectivity index (χ2v) is 4.69. The lowest BCUT2D eigenvalue weighted by Gasteiger charge is -2.18. The Morgan fingerprint density at radius 2 is 1.80 bits per heavy atom. The fourth-order valence-electron chi connectivity index (χ4n) is 2.41. The van der Waals surface area contributed by atoms with E-state index in [1.807, 2.05) is 25.1 Å². The second kappa shape index (κ2) is 6.01. The van der Waals surface area contributed by atoms with Gasteiger partial charge >= 0.3 is 0 Å². The van der Waals surface area contributed by atoms with Crippen molar-refractivity contribution in [2.75, 3.05) is 14.2 Å². The van der Waals surface area contributed by atoms with E-state index in [4.69, 9.17) is 19.6 Å². The van der Waals surface area contributed by atoms with Crippen molar-refractivity contribution in [2.24, 2.45) is 5.73 Å². The van der Waals surface area contributed by atoms with Gasteiger partial charge in [0.15, 0.2) is 11.5 Å². The minimum absolute atomic E-state index is 0.233. The molecule has 0 aliphatic rings. The topological polar surface area (TPSA) is 57.6 Å².